The first-order valence-electron chi connectivity index (χ1n) is 6.89. The maximum atomic E-state index is 14.1. The Hall–Kier alpha value is -0.890. The molecule has 2 atom stereocenters. The van der Waals surface area contributed by atoms with Crippen LogP contribution in [0.15, 0.2) is 24.3 Å². The highest BCUT2D eigenvalue weighted by atomic mass is 19.1. The summed E-state index contributed by atoms with van der Waals surface area (Å²) in [6.07, 6.45) is 4.27. The Morgan fingerprint density at radius 2 is 1.89 bits per heavy atom. The van der Waals surface area contributed by atoms with E-state index in [0.29, 0.717) is 11.5 Å². The molecule has 0 heterocycles. The van der Waals surface area contributed by atoms with E-state index in [1.807, 2.05) is 12.1 Å². The van der Waals surface area contributed by atoms with Crippen molar-refractivity contribution in [1.29, 1.82) is 0 Å². The van der Waals surface area contributed by atoms with Gasteiger partial charge in [0.2, 0.25) is 0 Å². The third-order valence-corrected chi connectivity index (χ3v) is 4.38. The summed E-state index contributed by atoms with van der Waals surface area (Å²) in [5.41, 5.74) is 6.97. The van der Waals surface area contributed by atoms with Gasteiger partial charge in [0, 0.05) is 11.1 Å². The fourth-order valence-corrected chi connectivity index (χ4v) is 3.56. The standard InChI is InChI=1S/C16H24FN/c1-15(2,3)14-10-6-7-11-16(14,18)12-8-4-5-9-13(12)17/h4-5,8-9,14H,6-7,10-11,18H2,1-3H3. The summed E-state index contributed by atoms with van der Waals surface area (Å²) in [6.45, 7) is 6.64. The van der Waals surface area contributed by atoms with Gasteiger partial charge < -0.3 is 5.73 Å². The highest BCUT2D eigenvalue weighted by molar-refractivity contribution is 5.28. The van der Waals surface area contributed by atoms with Crippen molar-refractivity contribution < 1.29 is 4.39 Å². The molecular weight excluding hydrogens is 225 g/mol. The van der Waals surface area contributed by atoms with Crippen LogP contribution < -0.4 is 5.73 Å². The molecule has 0 radical (unpaired) electrons. The van der Waals surface area contributed by atoms with E-state index < -0.39 is 5.54 Å². The predicted octanol–water partition coefficient (Wildman–Crippen LogP) is 4.22. The summed E-state index contributed by atoms with van der Waals surface area (Å²) in [4.78, 5) is 0. The second-order valence-corrected chi connectivity index (χ2v) is 6.68. The summed E-state index contributed by atoms with van der Waals surface area (Å²) in [7, 11) is 0. The molecule has 18 heavy (non-hydrogen) atoms. The fourth-order valence-electron chi connectivity index (χ4n) is 3.56. The van der Waals surface area contributed by atoms with Gasteiger partial charge in [0.25, 0.3) is 0 Å². The molecule has 0 bridgehead atoms. The van der Waals surface area contributed by atoms with Gasteiger partial charge >= 0.3 is 0 Å². The van der Waals surface area contributed by atoms with Crippen molar-refractivity contribution >= 4 is 0 Å². The van der Waals surface area contributed by atoms with Crippen LogP contribution in [0, 0.1) is 17.2 Å². The van der Waals surface area contributed by atoms with Crippen LogP contribution in [-0.4, -0.2) is 0 Å². The fraction of sp³-hybridized carbons (Fsp3) is 0.625. The minimum absolute atomic E-state index is 0.109. The van der Waals surface area contributed by atoms with E-state index in [2.05, 4.69) is 20.8 Å². The molecule has 0 saturated heterocycles. The minimum Gasteiger partial charge on any atom is -0.321 e. The first-order valence-corrected chi connectivity index (χ1v) is 6.89. The Labute approximate surface area is 110 Å². The van der Waals surface area contributed by atoms with E-state index in [9.17, 15) is 4.39 Å². The maximum Gasteiger partial charge on any atom is 0.128 e. The van der Waals surface area contributed by atoms with Crippen molar-refractivity contribution in [3.63, 3.8) is 0 Å². The van der Waals surface area contributed by atoms with Gasteiger partial charge in [-0.25, -0.2) is 4.39 Å². The largest absolute Gasteiger partial charge is 0.321 e. The van der Waals surface area contributed by atoms with E-state index in [1.54, 1.807) is 6.07 Å². The van der Waals surface area contributed by atoms with Gasteiger partial charge in [0.15, 0.2) is 0 Å². The molecule has 1 aliphatic carbocycles. The molecular formula is C16H24FN. The van der Waals surface area contributed by atoms with E-state index >= 15 is 0 Å². The first kappa shape index (κ1) is 13.5. The molecule has 2 unspecified atom stereocenters. The average Bonchev–Trinajstić information content (AvgIpc) is 2.28. The Bertz CT molecular complexity index is 421. The van der Waals surface area contributed by atoms with Crippen molar-refractivity contribution in [2.75, 3.05) is 0 Å². The molecule has 1 saturated carbocycles. The van der Waals surface area contributed by atoms with Crippen LogP contribution in [0.25, 0.3) is 0 Å². The lowest BCUT2D eigenvalue weighted by Crippen LogP contribution is -2.51. The van der Waals surface area contributed by atoms with E-state index in [0.717, 1.165) is 19.3 Å². The molecule has 0 aliphatic heterocycles. The Balaban J connectivity index is 2.46. The summed E-state index contributed by atoms with van der Waals surface area (Å²) in [5.74, 6) is 0.173. The number of rotatable bonds is 1. The average molecular weight is 249 g/mol. The van der Waals surface area contributed by atoms with Gasteiger partial charge in [-0.3, -0.25) is 0 Å². The van der Waals surface area contributed by atoms with E-state index in [1.165, 1.54) is 12.5 Å². The second kappa shape index (κ2) is 4.65. The lowest BCUT2D eigenvalue weighted by atomic mass is 9.60. The molecule has 1 aliphatic rings. The number of benzene rings is 1. The third-order valence-electron chi connectivity index (χ3n) is 4.38. The predicted molar refractivity (Wildman–Crippen MR) is 73.7 cm³/mol. The van der Waals surface area contributed by atoms with Crippen LogP contribution in [0.2, 0.25) is 0 Å². The maximum absolute atomic E-state index is 14.1. The molecule has 1 fully saturated rings. The molecule has 1 nitrogen and oxygen atoms in total. The van der Waals surface area contributed by atoms with Crippen molar-refractivity contribution in [2.24, 2.45) is 17.1 Å². The number of halogens is 1. The molecule has 1 aromatic carbocycles. The first-order chi connectivity index (χ1) is 8.36. The van der Waals surface area contributed by atoms with Crippen LogP contribution in [0.4, 0.5) is 4.39 Å². The summed E-state index contributed by atoms with van der Waals surface area (Å²) < 4.78 is 14.1. The molecule has 0 aromatic heterocycles. The Morgan fingerprint density at radius 3 is 2.50 bits per heavy atom. The molecule has 0 spiro atoms. The normalized spacial score (nSPS) is 29.3. The zero-order valence-electron chi connectivity index (χ0n) is 11.7. The van der Waals surface area contributed by atoms with Gasteiger partial charge in [-0.05, 0) is 30.2 Å². The number of hydrogen-bond donors (Lipinski definition) is 1. The monoisotopic (exact) mass is 249 g/mol. The molecule has 2 rings (SSSR count). The van der Waals surface area contributed by atoms with Crippen LogP contribution >= 0.6 is 0 Å². The van der Waals surface area contributed by atoms with Gasteiger partial charge in [-0.1, -0.05) is 51.8 Å². The minimum atomic E-state index is -0.512. The van der Waals surface area contributed by atoms with Crippen molar-refractivity contribution in [2.45, 2.75) is 52.0 Å². The smallest absolute Gasteiger partial charge is 0.128 e. The van der Waals surface area contributed by atoms with Crippen molar-refractivity contribution in [3.05, 3.63) is 35.6 Å². The SMILES string of the molecule is CC(C)(C)C1CCCCC1(N)c1ccccc1F. The number of nitrogens with two attached hydrogens (primary N) is 1. The third kappa shape index (κ3) is 2.31. The zero-order valence-corrected chi connectivity index (χ0v) is 11.7. The van der Waals surface area contributed by atoms with Crippen molar-refractivity contribution in [1.82, 2.24) is 0 Å². The lowest BCUT2D eigenvalue weighted by molar-refractivity contribution is 0.0752. The molecule has 0 amide bonds. The molecule has 2 N–H and O–H groups in total. The molecule has 100 valence electrons. The quantitative estimate of drug-likeness (QED) is 0.792. The van der Waals surface area contributed by atoms with Crippen LogP contribution in [0.5, 0.6) is 0 Å². The van der Waals surface area contributed by atoms with Crippen LogP contribution in [-0.2, 0) is 5.54 Å². The summed E-state index contributed by atoms with van der Waals surface area (Å²) in [6, 6.07) is 7.01. The second-order valence-electron chi connectivity index (χ2n) is 6.68. The summed E-state index contributed by atoms with van der Waals surface area (Å²) >= 11 is 0. The van der Waals surface area contributed by atoms with Crippen LogP contribution in [0.1, 0.15) is 52.0 Å². The van der Waals surface area contributed by atoms with E-state index in [-0.39, 0.29) is 11.2 Å². The van der Waals surface area contributed by atoms with Crippen LogP contribution in [0.3, 0.4) is 0 Å². The Morgan fingerprint density at radius 1 is 1.22 bits per heavy atom. The van der Waals surface area contributed by atoms with Gasteiger partial charge in [0.1, 0.15) is 5.82 Å². The van der Waals surface area contributed by atoms with Gasteiger partial charge in [0.05, 0.1) is 0 Å². The Kier molecular flexibility index (Phi) is 3.50. The molecule has 1 aromatic rings. The lowest BCUT2D eigenvalue weighted by Gasteiger charge is -2.48. The van der Waals surface area contributed by atoms with Gasteiger partial charge in [-0.15, -0.1) is 0 Å². The number of hydrogen-bond acceptors (Lipinski definition) is 1. The van der Waals surface area contributed by atoms with Crippen molar-refractivity contribution in [3.8, 4) is 0 Å². The highest BCUT2D eigenvalue weighted by Crippen LogP contribution is 2.48. The summed E-state index contributed by atoms with van der Waals surface area (Å²) in [5, 5.41) is 0. The highest BCUT2D eigenvalue weighted by Gasteiger charge is 2.45. The topological polar surface area (TPSA) is 26.0 Å². The zero-order chi connectivity index (χ0) is 13.4. The molecule has 2 heteroatoms. The van der Waals surface area contributed by atoms with E-state index in [4.69, 9.17) is 5.73 Å². The van der Waals surface area contributed by atoms with Gasteiger partial charge in [-0.2, -0.15) is 0 Å².